The zero-order valence-electron chi connectivity index (χ0n) is 12.8. The first kappa shape index (κ1) is 22.5. The van der Waals surface area contributed by atoms with Gasteiger partial charge in [-0.1, -0.05) is 34.6 Å². The van der Waals surface area contributed by atoms with Crippen LogP contribution in [-0.2, 0) is 9.53 Å². The Kier molecular flexibility index (Phi) is 27.0. The fourth-order valence-corrected chi connectivity index (χ4v) is 0.620. The molecule has 0 heterocycles. The molecule has 1 unspecified atom stereocenters. The van der Waals surface area contributed by atoms with E-state index in [4.69, 9.17) is 4.74 Å². The maximum Gasteiger partial charge on any atom is 0.207 e. The summed E-state index contributed by atoms with van der Waals surface area (Å²) in [6.45, 7) is 11.7. The van der Waals surface area contributed by atoms with Crippen LogP contribution in [0.25, 0.3) is 0 Å². The third-order valence-electron chi connectivity index (χ3n) is 1.22. The number of carbonyl (C=O) groups is 1. The lowest BCUT2D eigenvalue weighted by atomic mass is 10.3. The van der Waals surface area contributed by atoms with Crippen LogP contribution in [0.5, 0.6) is 0 Å². The standard InChI is InChI=1S/C7H15FN2O2.C4H10.C2H6/c1-9-2-3-12-5-7(8)4-10-6-11;1-4(2)3;1-2/h6-7,9H,2-5H2,1H3,(H,10,11);4H,1-3H3;1-2H3. The summed E-state index contributed by atoms with van der Waals surface area (Å²) in [6.07, 6.45) is -0.646. The molecule has 0 aromatic rings. The lowest BCUT2D eigenvalue weighted by Crippen LogP contribution is -2.27. The van der Waals surface area contributed by atoms with Crippen LogP contribution in [0, 0.1) is 5.92 Å². The minimum atomic E-state index is -1.12. The number of carbonyl (C=O) groups excluding carboxylic acids is 1. The summed E-state index contributed by atoms with van der Waals surface area (Å²) in [5, 5.41) is 5.10. The van der Waals surface area contributed by atoms with Crippen molar-refractivity contribution in [2.45, 2.75) is 40.8 Å². The average molecular weight is 266 g/mol. The molecule has 5 heteroatoms. The fourth-order valence-electron chi connectivity index (χ4n) is 0.620. The van der Waals surface area contributed by atoms with Gasteiger partial charge in [0.2, 0.25) is 6.41 Å². The molecule has 0 aromatic heterocycles. The van der Waals surface area contributed by atoms with Gasteiger partial charge < -0.3 is 15.4 Å². The van der Waals surface area contributed by atoms with Crippen LogP contribution in [0.4, 0.5) is 4.39 Å². The number of ether oxygens (including phenoxy) is 1. The Morgan fingerprint density at radius 3 is 2.17 bits per heavy atom. The van der Waals surface area contributed by atoms with Gasteiger partial charge in [0, 0.05) is 6.54 Å². The molecule has 0 spiro atoms. The topological polar surface area (TPSA) is 50.4 Å². The summed E-state index contributed by atoms with van der Waals surface area (Å²) in [7, 11) is 1.80. The van der Waals surface area contributed by atoms with E-state index in [1.165, 1.54) is 0 Å². The number of hydrogen-bond acceptors (Lipinski definition) is 3. The van der Waals surface area contributed by atoms with E-state index >= 15 is 0 Å². The Hall–Kier alpha value is -0.680. The highest BCUT2D eigenvalue weighted by atomic mass is 19.1. The molecule has 0 aliphatic rings. The molecule has 0 saturated heterocycles. The Bertz CT molecular complexity index is 144. The fraction of sp³-hybridized carbons (Fsp3) is 0.923. The van der Waals surface area contributed by atoms with Crippen molar-refractivity contribution in [3.63, 3.8) is 0 Å². The second kappa shape index (κ2) is 21.6. The Balaban J connectivity index is -0.000000317. The first-order valence-corrected chi connectivity index (χ1v) is 6.58. The molecular formula is C13H31FN2O2. The number of alkyl halides is 1. The Morgan fingerprint density at radius 2 is 1.78 bits per heavy atom. The van der Waals surface area contributed by atoms with Crippen molar-refractivity contribution < 1.29 is 13.9 Å². The quantitative estimate of drug-likeness (QED) is 0.522. The van der Waals surface area contributed by atoms with Crippen molar-refractivity contribution in [1.29, 1.82) is 0 Å². The van der Waals surface area contributed by atoms with Gasteiger partial charge in [-0.05, 0) is 13.0 Å². The van der Waals surface area contributed by atoms with E-state index in [9.17, 15) is 9.18 Å². The first-order chi connectivity index (χ1) is 8.54. The highest BCUT2D eigenvalue weighted by molar-refractivity contribution is 5.45. The maximum absolute atomic E-state index is 12.7. The van der Waals surface area contributed by atoms with Crippen LogP contribution in [0.2, 0.25) is 0 Å². The monoisotopic (exact) mass is 266 g/mol. The van der Waals surface area contributed by atoms with E-state index in [1.54, 1.807) is 7.05 Å². The minimum absolute atomic E-state index is 0.0169. The number of nitrogens with one attached hydrogen (secondary N) is 2. The summed E-state index contributed by atoms with van der Waals surface area (Å²) >= 11 is 0. The van der Waals surface area contributed by atoms with Crippen LogP contribution in [0.15, 0.2) is 0 Å². The average Bonchev–Trinajstić information content (AvgIpc) is 2.34. The normalized spacial score (nSPS) is 10.7. The van der Waals surface area contributed by atoms with E-state index in [1.807, 2.05) is 13.8 Å². The van der Waals surface area contributed by atoms with Gasteiger partial charge in [0.25, 0.3) is 0 Å². The summed E-state index contributed by atoms with van der Waals surface area (Å²) < 4.78 is 17.6. The lowest BCUT2D eigenvalue weighted by Gasteiger charge is -2.07. The molecule has 0 aromatic carbocycles. The van der Waals surface area contributed by atoms with E-state index in [2.05, 4.69) is 31.4 Å². The predicted molar refractivity (Wildman–Crippen MR) is 75.6 cm³/mol. The van der Waals surface area contributed by atoms with Crippen LogP contribution in [0.3, 0.4) is 0 Å². The number of hydrogen-bond donors (Lipinski definition) is 2. The number of likely N-dealkylation sites (N-methyl/N-ethyl adjacent to an activating group) is 1. The van der Waals surface area contributed by atoms with Crippen LogP contribution in [0.1, 0.15) is 34.6 Å². The van der Waals surface area contributed by atoms with E-state index in [0.717, 1.165) is 5.92 Å². The van der Waals surface area contributed by atoms with Crippen LogP contribution in [-0.4, -0.2) is 45.9 Å². The molecule has 0 rings (SSSR count). The van der Waals surface area contributed by atoms with E-state index in [-0.39, 0.29) is 13.2 Å². The van der Waals surface area contributed by atoms with Crippen molar-refractivity contribution >= 4 is 6.41 Å². The van der Waals surface area contributed by atoms with Gasteiger partial charge in [-0.15, -0.1) is 0 Å². The van der Waals surface area contributed by atoms with Crippen molar-refractivity contribution in [2.24, 2.45) is 5.92 Å². The molecule has 0 saturated carbocycles. The molecule has 4 nitrogen and oxygen atoms in total. The Labute approximate surface area is 112 Å². The molecule has 2 N–H and O–H groups in total. The van der Waals surface area contributed by atoms with Gasteiger partial charge in [0.05, 0.1) is 19.8 Å². The molecule has 112 valence electrons. The first-order valence-electron chi connectivity index (χ1n) is 6.58. The molecule has 0 aliphatic heterocycles. The van der Waals surface area contributed by atoms with Crippen LogP contribution < -0.4 is 10.6 Å². The summed E-state index contributed by atoms with van der Waals surface area (Å²) in [5.41, 5.74) is 0. The number of halogens is 1. The molecule has 18 heavy (non-hydrogen) atoms. The van der Waals surface area contributed by atoms with Gasteiger partial charge >= 0.3 is 0 Å². The van der Waals surface area contributed by atoms with Gasteiger partial charge in [-0.2, -0.15) is 0 Å². The molecule has 0 aliphatic carbocycles. The summed E-state index contributed by atoms with van der Waals surface area (Å²) in [4.78, 5) is 9.76. The SMILES string of the molecule is CC.CC(C)C.CNCCOCC(F)CNC=O. The molecule has 0 fully saturated rings. The third-order valence-corrected chi connectivity index (χ3v) is 1.22. The van der Waals surface area contributed by atoms with Gasteiger partial charge in [0.1, 0.15) is 6.17 Å². The number of rotatable bonds is 8. The molecule has 0 bridgehead atoms. The second-order valence-corrected chi connectivity index (χ2v) is 4.03. The largest absolute Gasteiger partial charge is 0.377 e. The maximum atomic E-state index is 12.7. The van der Waals surface area contributed by atoms with Crippen molar-refractivity contribution in [3.05, 3.63) is 0 Å². The van der Waals surface area contributed by atoms with Crippen molar-refractivity contribution in [2.75, 3.05) is 33.4 Å². The molecule has 0 radical (unpaired) electrons. The highest BCUT2D eigenvalue weighted by Gasteiger charge is 2.04. The molecule has 1 amide bonds. The van der Waals surface area contributed by atoms with Gasteiger partial charge in [-0.25, -0.2) is 4.39 Å². The number of amides is 1. The molecule has 1 atom stereocenters. The molecular weight excluding hydrogens is 235 g/mol. The van der Waals surface area contributed by atoms with Gasteiger partial charge in [-0.3, -0.25) is 4.79 Å². The predicted octanol–water partition coefficient (Wildman–Crippen LogP) is 1.99. The van der Waals surface area contributed by atoms with Crippen molar-refractivity contribution in [3.8, 4) is 0 Å². The smallest absolute Gasteiger partial charge is 0.207 e. The second-order valence-electron chi connectivity index (χ2n) is 4.03. The summed E-state index contributed by atoms with van der Waals surface area (Å²) in [5.74, 6) is 0.833. The zero-order chi connectivity index (χ0) is 14.8. The lowest BCUT2D eigenvalue weighted by molar-refractivity contribution is -0.109. The Morgan fingerprint density at radius 1 is 1.28 bits per heavy atom. The van der Waals surface area contributed by atoms with Crippen LogP contribution >= 0.6 is 0 Å². The van der Waals surface area contributed by atoms with E-state index in [0.29, 0.717) is 19.6 Å². The van der Waals surface area contributed by atoms with Gasteiger partial charge in [0.15, 0.2) is 0 Å². The third kappa shape index (κ3) is 36.2. The van der Waals surface area contributed by atoms with Crippen molar-refractivity contribution in [1.82, 2.24) is 10.6 Å². The zero-order valence-corrected chi connectivity index (χ0v) is 12.8. The minimum Gasteiger partial charge on any atom is -0.377 e. The highest BCUT2D eigenvalue weighted by Crippen LogP contribution is 1.89. The van der Waals surface area contributed by atoms with E-state index < -0.39 is 6.17 Å². The summed E-state index contributed by atoms with van der Waals surface area (Å²) in [6, 6.07) is 0.